The molecule has 0 aromatic heterocycles. The summed E-state index contributed by atoms with van der Waals surface area (Å²) >= 11 is 11.6. The molecule has 3 nitrogen and oxygen atoms in total. The molecule has 0 saturated heterocycles. The van der Waals surface area contributed by atoms with Crippen molar-refractivity contribution in [3.63, 3.8) is 0 Å². The fourth-order valence-corrected chi connectivity index (χ4v) is 1.93. The first-order chi connectivity index (χ1) is 10.1. The Hall–Kier alpha value is -1.78. The predicted octanol–water partition coefficient (Wildman–Crippen LogP) is 3.94. The number of ether oxygens (including phenoxy) is 1. The van der Waals surface area contributed by atoms with Crippen LogP contribution in [0.5, 0.6) is 5.75 Å². The van der Waals surface area contributed by atoms with Crippen LogP contribution >= 0.6 is 23.2 Å². The summed E-state index contributed by atoms with van der Waals surface area (Å²) in [7, 11) is 0. The highest BCUT2D eigenvalue weighted by molar-refractivity contribution is 6.42. The highest BCUT2D eigenvalue weighted by Crippen LogP contribution is 2.22. The third-order valence-electron chi connectivity index (χ3n) is 2.63. The number of nitrogens with one attached hydrogen (secondary N) is 1. The minimum Gasteiger partial charge on any atom is -0.492 e. The van der Waals surface area contributed by atoms with Crippen LogP contribution in [0.25, 0.3) is 0 Å². The molecule has 1 N–H and O–H groups in total. The Balaban J connectivity index is 1.80. The summed E-state index contributed by atoms with van der Waals surface area (Å²) in [5.74, 6) is -0.234. The number of halogens is 3. The number of carbonyl (C=O) groups excluding carboxylic acids is 1. The number of carbonyl (C=O) groups is 1. The van der Waals surface area contributed by atoms with Crippen LogP contribution in [0.2, 0.25) is 10.0 Å². The van der Waals surface area contributed by atoms with Gasteiger partial charge in [-0.1, -0.05) is 29.3 Å². The van der Waals surface area contributed by atoms with Crippen LogP contribution in [0, 0.1) is 5.82 Å². The predicted molar refractivity (Wildman–Crippen MR) is 80.7 cm³/mol. The van der Waals surface area contributed by atoms with Gasteiger partial charge < -0.3 is 10.1 Å². The van der Waals surface area contributed by atoms with E-state index in [1.54, 1.807) is 24.3 Å². The van der Waals surface area contributed by atoms with E-state index in [1.165, 1.54) is 18.2 Å². The molecule has 0 aliphatic rings. The molecule has 2 rings (SSSR count). The molecule has 2 aromatic carbocycles. The maximum absolute atomic E-state index is 12.9. The highest BCUT2D eigenvalue weighted by atomic mass is 35.5. The molecule has 2 aromatic rings. The van der Waals surface area contributed by atoms with Gasteiger partial charge in [-0.3, -0.25) is 4.79 Å². The molecule has 0 spiro atoms. The van der Waals surface area contributed by atoms with E-state index >= 15 is 0 Å². The molecule has 0 aliphatic carbocycles. The summed E-state index contributed by atoms with van der Waals surface area (Å²) in [6.45, 7) is 0.520. The topological polar surface area (TPSA) is 38.3 Å². The smallest absolute Gasteiger partial charge is 0.251 e. The minimum absolute atomic E-state index is 0.233. The van der Waals surface area contributed by atoms with Crippen LogP contribution in [0.1, 0.15) is 10.4 Å². The molecule has 0 radical (unpaired) electrons. The van der Waals surface area contributed by atoms with Crippen molar-refractivity contribution in [2.75, 3.05) is 13.2 Å². The van der Waals surface area contributed by atoms with Gasteiger partial charge in [-0.15, -0.1) is 0 Å². The summed E-state index contributed by atoms with van der Waals surface area (Å²) < 4.78 is 18.2. The number of amides is 1. The fourth-order valence-electron chi connectivity index (χ4n) is 1.63. The zero-order valence-corrected chi connectivity index (χ0v) is 12.4. The monoisotopic (exact) mass is 327 g/mol. The van der Waals surface area contributed by atoms with Gasteiger partial charge in [0.25, 0.3) is 5.91 Å². The SMILES string of the molecule is O=C(NCCOc1cccc(F)c1)c1ccc(Cl)c(Cl)c1. The lowest BCUT2D eigenvalue weighted by Gasteiger charge is -2.08. The molecule has 0 unspecified atom stereocenters. The summed E-state index contributed by atoms with van der Waals surface area (Å²) in [5, 5.41) is 3.38. The molecule has 21 heavy (non-hydrogen) atoms. The molecule has 6 heteroatoms. The third kappa shape index (κ3) is 4.62. The van der Waals surface area contributed by atoms with E-state index in [0.717, 1.165) is 0 Å². The largest absolute Gasteiger partial charge is 0.492 e. The number of benzene rings is 2. The fraction of sp³-hybridized carbons (Fsp3) is 0.133. The Morgan fingerprint density at radius 1 is 1.14 bits per heavy atom. The quantitative estimate of drug-likeness (QED) is 0.844. The van der Waals surface area contributed by atoms with Crippen LogP contribution in [0.3, 0.4) is 0 Å². The lowest BCUT2D eigenvalue weighted by atomic mass is 10.2. The van der Waals surface area contributed by atoms with Gasteiger partial charge in [-0.25, -0.2) is 4.39 Å². The lowest BCUT2D eigenvalue weighted by Crippen LogP contribution is -2.28. The average molecular weight is 328 g/mol. The Morgan fingerprint density at radius 2 is 1.95 bits per heavy atom. The van der Waals surface area contributed by atoms with E-state index in [-0.39, 0.29) is 24.9 Å². The van der Waals surface area contributed by atoms with Crippen LogP contribution in [-0.2, 0) is 0 Å². The molecule has 0 heterocycles. The standard InChI is InChI=1S/C15H12Cl2FNO2/c16-13-5-4-10(8-14(13)17)15(20)19-6-7-21-12-3-1-2-11(18)9-12/h1-5,8-9H,6-7H2,(H,19,20). The van der Waals surface area contributed by atoms with Gasteiger partial charge in [0.05, 0.1) is 16.6 Å². The Kier molecular flexibility index (Phi) is 5.42. The zero-order valence-electron chi connectivity index (χ0n) is 10.9. The van der Waals surface area contributed by atoms with Crippen LogP contribution < -0.4 is 10.1 Å². The first kappa shape index (κ1) is 15.6. The van der Waals surface area contributed by atoms with Crippen molar-refractivity contribution in [1.29, 1.82) is 0 Å². The minimum atomic E-state index is -0.368. The van der Waals surface area contributed by atoms with E-state index in [1.807, 2.05) is 0 Å². The van der Waals surface area contributed by atoms with Crippen LogP contribution in [0.4, 0.5) is 4.39 Å². The maximum atomic E-state index is 12.9. The molecule has 0 saturated carbocycles. The van der Waals surface area contributed by atoms with Crippen molar-refractivity contribution >= 4 is 29.1 Å². The van der Waals surface area contributed by atoms with Crippen molar-refractivity contribution in [2.45, 2.75) is 0 Å². The van der Waals surface area contributed by atoms with Crippen molar-refractivity contribution in [2.24, 2.45) is 0 Å². The molecular weight excluding hydrogens is 316 g/mol. The summed E-state index contributed by atoms with van der Waals surface area (Å²) in [4.78, 5) is 11.8. The normalized spacial score (nSPS) is 10.2. The lowest BCUT2D eigenvalue weighted by molar-refractivity contribution is 0.0947. The van der Waals surface area contributed by atoms with E-state index in [4.69, 9.17) is 27.9 Å². The number of hydrogen-bond acceptors (Lipinski definition) is 2. The first-order valence-electron chi connectivity index (χ1n) is 6.18. The van der Waals surface area contributed by atoms with Gasteiger partial charge in [0.1, 0.15) is 18.2 Å². The molecular formula is C15H12Cl2FNO2. The van der Waals surface area contributed by atoms with Crippen molar-refractivity contribution in [1.82, 2.24) is 5.32 Å². The van der Waals surface area contributed by atoms with Crippen molar-refractivity contribution < 1.29 is 13.9 Å². The van der Waals surface area contributed by atoms with Crippen LogP contribution in [0.15, 0.2) is 42.5 Å². The third-order valence-corrected chi connectivity index (χ3v) is 3.37. The second-order valence-electron chi connectivity index (χ2n) is 4.19. The molecule has 0 aliphatic heterocycles. The molecule has 110 valence electrons. The highest BCUT2D eigenvalue weighted by Gasteiger charge is 2.07. The van der Waals surface area contributed by atoms with E-state index < -0.39 is 0 Å². The Bertz CT molecular complexity index is 649. The summed E-state index contributed by atoms with van der Waals surface area (Å²) in [5.41, 5.74) is 0.412. The average Bonchev–Trinajstić information content (AvgIpc) is 2.46. The molecule has 0 bridgehead atoms. The summed E-state index contributed by atoms with van der Waals surface area (Å²) in [6.07, 6.45) is 0. The van der Waals surface area contributed by atoms with Crippen molar-refractivity contribution in [3.8, 4) is 5.75 Å². The number of hydrogen-bond donors (Lipinski definition) is 1. The second kappa shape index (κ2) is 7.29. The Morgan fingerprint density at radius 3 is 2.67 bits per heavy atom. The molecule has 0 atom stereocenters. The first-order valence-corrected chi connectivity index (χ1v) is 6.93. The Labute approximate surface area is 131 Å². The van der Waals surface area contributed by atoms with Gasteiger partial charge in [0.15, 0.2) is 0 Å². The van der Waals surface area contributed by atoms with Gasteiger partial charge in [0.2, 0.25) is 0 Å². The van der Waals surface area contributed by atoms with Crippen LogP contribution in [-0.4, -0.2) is 19.1 Å². The molecule has 0 fully saturated rings. The van der Waals surface area contributed by atoms with E-state index in [2.05, 4.69) is 5.32 Å². The zero-order chi connectivity index (χ0) is 15.2. The van der Waals surface area contributed by atoms with Crippen molar-refractivity contribution in [3.05, 3.63) is 63.9 Å². The number of rotatable bonds is 5. The summed E-state index contributed by atoms with van der Waals surface area (Å²) in [6, 6.07) is 10.4. The maximum Gasteiger partial charge on any atom is 0.251 e. The van der Waals surface area contributed by atoms with Gasteiger partial charge in [0, 0.05) is 11.6 Å². The van der Waals surface area contributed by atoms with E-state index in [9.17, 15) is 9.18 Å². The van der Waals surface area contributed by atoms with Gasteiger partial charge >= 0.3 is 0 Å². The van der Waals surface area contributed by atoms with Gasteiger partial charge in [-0.05, 0) is 30.3 Å². The molecule has 1 amide bonds. The van der Waals surface area contributed by atoms with Gasteiger partial charge in [-0.2, -0.15) is 0 Å². The van der Waals surface area contributed by atoms with E-state index in [0.29, 0.717) is 21.4 Å². The second-order valence-corrected chi connectivity index (χ2v) is 5.01.